The molecule has 2 aromatic carbocycles. The molecule has 3 aliphatic heterocycles. The fourth-order valence-electron chi connectivity index (χ4n) is 4.96. The van der Waals surface area contributed by atoms with Crippen LogP contribution in [0.1, 0.15) is 24.2 Å². The van der Waals surface area contributed by atoms with E-state index in [1.54, 1.807) is 0 Å². The topological polar surface area (TPSA) is 252 Å². The van der Waals surface area contributed by atoms with Crippen molar-refractivity contribution in [3.05, 3.63) is 47.2 Å². The van der Waals surface area contributed by atoms with E-state index in [-0.39, 0.29) is 28.6 Å². The van der Waals surface area contributed by atoms with E-state index in [9.17, 15) is 51.1 Å². The van der Waals surface area contributed by atoms with Gasteiger partial charge in [0.2, 0.25) is 6.29 Å². The van der Waals surface area contributed by atoms with Crippen LogP contribution in [0.5, 0.6) is 28.7 Å². The first-order valence-corrected chi connectivity index (χ1v) is 13.0. The minimum absolute atomic E-state index is 0.0436. The second kappa shape index (κ2) is 11.7. The lowest BCUT2D eigenvalue weighted by atomic mass is 9.98. The normalized spacial score (nSPS) is 36.5. The molecule has 11 N–H and O–H groups in total. The van der Waals surface area contributed by atoms with Gasteiger partial charge in [0, 0.05) is 12.1 Å². The van der Waals surface area contributed by atoms with Crippen molar-refractivity contribution in [1.29, 1.82) is 0 Å². The van der Waals surface area contributed by atoms with Crippen molar-refractivity contribution in [2.45, 2.75) is 74.4 Å². The summed E-state index contributed by atoms with van der Waals surface area (Å²) in [7, 11) is 0. The number of benzene rings is 2. The molecule has 0 aromatic heterocycles. The van der Waals surface area contributed by atoms with Crippen molar-refractivity contribution < 1.29 is 74.7 Å². The first-order chi connectivity index (χ1) is 19.8. The Balaban J connectivity index is 1.39. The van der Waals surface area contributed by atoms with Crippen LogP contribution in [0.3, 0.4) is 0 Å². The molecular formula is C27H33O15+. The van der Waals surface area contributed by atoms with Crippen LogP contribution in [0.4, 0.5) is 0 Å². The molecule has 2 aromatic rings. The third kappa shape index (κ3) is 5.66. The summed E-state index contributed by atoms with van der Waals surface area (Å²) < 4.78 is 27.0. The van der Waals surface area contributed by atoms with Gasteiger partial charge in [-0.3, -0.25) is 0 Å². The Morgan fingerprint density at radius 2 is 1.43 bits per heavy atom. The molecule has 0 bridgehead atoms. The molecule has 11 unspecified atom stereocenters. The summed E-state index contributed by atoms with van der Waals surface area (Å²) in [5.41, 5.74) is 0.445. The Morgan fingerprint density at radius 3 is 2.14 bits per heavy atom. The van der Waals surface area contributed by atoms with Crippen LogP contribution in [-0.4, -0.2) is 124 Å². The van der Waals surface area contributed by atoms with Gasteiger partial charge in [-0.25, -0.2) is 0 Å². The highest BCUT2D eigenvalue weighted by Crippen LogP contribution is 2.46. The molecule has 230 valence electrons. The number of phenolic OH excluding ortho intramolecular Hbond substituents is 4. The quantitative estimate of drug-likeness (QED) is 0.135. The van der Waals surface area contributed by atoms with Gasteiger partial charge in [-0.15, -0.1) is 0 Å². The minimum atomic E-state index is -1.80. The van der Waals surface area contributed by atoms with Crippen LogP contribution >= 0.6 is 0 Å². The second-order valence-corrected chi connectivity index (χ2v) is 10.4. The van der Waals surface area contributed by atoms with Gasteiger partial charge < -0.3 is 74.7 Å². The maximum atomic E-state index is 10.7. The molecule has 15 heteroatoms. The summed E-state index contributed by atoms with van der Waals surface area (Å²) >= 11 is 0. The molecule has 3 aliphatic rings. The van der Waals surface area contributed by atoms with E-state index < -0.39 is 85.6 Å². The fraction of sp³-hybridized carbons (Fsp3) is 0.481. The molecule has 2 saturated heterocycles. The van der Waals surface area contributed by atoms with Crippen LogP contribution in [0.15, 0.2) is 36.1 Å². The summed E-state index contributed by atoms with van der Waals surface area (Å²) in [6.45, 7) is 0.945. The predicted octanol–water partition coefficient (Wildman–Crippen LogP) is -1.49. The Morgan fingerprint density at radius 1 is 0.738 bits per heavy atom. The number of phenols is 4. The molecule has 2 fully saturated rings. The summed E-state index contributed by atoms with van der Waals surface area (Å²) in [4.78, 5) is 0. The number of fused-ring (bicyclic) bond motifs is 1. The number of hydrogen-bond donors (Lipinski definition) is 10. The lowest BCUT2D eigenvalue weighted by Gasteiger charge is -2.42. The highest BCUT2D eigenvalue weighted by Gasteiger charge is 2.48. The van der Waals surface area contributed by atoms with E-state index in [0.717, 1.165) is 6.07 Å². The summed E-state index contributed by atoms with van der Waals surface area (Å²) in [6.07, 6.45) is -14.9. The smallest absolute Gasteiger partial charge is 0.270 e. The summed E-state index contributed by atoms with van der Waals surface area (Å²) in [5, 5.41) is 102. The first-order valence-electron chi connectivity index (χ1n) is 13.0. The molecule has 3 heterocycles. The van der Waals surface area contributed by atoms with Crippen molar-refractivity contribution in [2.24, 2.45) is 0 Å². The third-order valence-electron chi connectivity index (χ3n) is 7.41. The van der Waals surface area contributed by atoms with E-state index in [1.165, 1.54) is 37.3 Å². The zero-order valence-corrected chi connectivity index (χ0v) is 22.1. The number of aliphatic hydroxyl groups excluding tert-OH is 6. The number of hydrogen-bond acceptors (Lipinski definition) is 14. The number of ether oxygens (including phenoxy) is 5. The first kappa shape index (κ1) is 30.1. The van der Waals surface area contributed by atoms with Gasteiger partial charge in [0.1, 0.15) is 59.8 Å². The summed E-state index contributed by atoms with van der Waals surface area (Å²) in [5.74, 6) is -1.35. The van der Waals surface area contributed by atoms with Gasteiger partial charge in [0.25, 0.3) is 11.9 Å². The molecule has 11 atom stereocenters. The van der Waals surface area contributed by atoms with E-state index in [4.69, 9.17) is 18.9 Å². The third-order valence-corrected chi connectivity index (χ3v) is 7.41. The highest BCUT2D eigenvalue weighted by molar-refractivity contribution is 5.69. The fourth-order valence-corrected chi connectivity index (χ4v) is 4.96. The van der Waals surface area contributed by atoms with Crippen LogP contribution in [0.25, 0.3) is 6.08 Å². The zero-order valence-electron chi connectivity index (χ0n) is 22.1. The van der Waals surface area contributed by atoms with E-state index >= 15 is 0 Å². The zero-order chi connectivity index (χ0) is 30.5. The SMILES string of the molecule is CC1OC(OCC2OC(OC3=Cc4c(O)cc(O)cc4[OH+]C3c3ccc(O)c(O)c3)C(O)C(O)C2O)C(O)C(O)C1O. The molecule has 0 aliphatic carbocycles. The molecular weight excluding hydrogens is 564 g/mol. The lowest BCUT2D eigenvalue weighted by molar-refractivity contribution is -0.325. The monoisotopic (exact) mass is 597 g/mol. The molecule has 0 saturated carbocycles. The lowest BCUT2D eigenvalue weighted by Crippen LogP contribution is -2.61. The molecule has 0 radical (unpaired) electrons. The number of aliphatic hydroxyl groups is 7. The highest BCUT2D eigenvalue weighted by atomic mass is 16.7. The molecule has 42 heavy (non-hydrogen) atoms. The minimum Gasteiger partial charge on any atom is -0.571 e. The molecule has 5 rings (SSSR count). The number of rotatable bonds is 6. The Hall–Kier alpha value is -3.38. The Kier molecular flexibility index (Phi) is 8.39. The Labute approximate surface area is 238 Å². The second-order valence-electron chi connectivity index (χ2n) is 10.4. The van der Waals surface area contributed by atoms with Crippen molar-refractivity contribution >= 4 is 6.08 Å². The van der Waals surface area contributed by atoms with E-state index in [0.29, 0.717) is 5.56 Å². The predicted molar refractivity (Wildman–Crippen MR) is 138 cm³/mol. The maximum Gasteiger partial charge on any atom is 0.270 e. The van der Waals surface area contributed by atoms with E-state index in [2.05, 4.69) is 4.74 Å². The maximum absolute atomic E-state index is 10.7. The van der Waals surface area contributed by atoms with Gasteiger partial charge in [0.05, 0.1) is 24.3 Å². The van der Waals surface area contributed by atoms with Gasteiger partial charge in [-0.05, 0) is 25.1 Å². The van der Waals surface area contributed by atoms with Crippen LogP contribution in [-0.2, 0) is 18.9 Å². The van der Waals surface area contributed by atoms with Crippen LogP contribution in [0.2, 0.25) is 0 Å². The standard InChI is InChI=1S/C27H32O15/c1-9-19(32)21(34)23(36)26(39-9)38-8-18-20(33)22(35)24(37)27(42-18)41-17-7-12-14(30)5-11(28)6-16(12)40-25(17)10-2-3-13(29)15(31)4-10/h2-7,9,18-37H,8H2,1H3/p+1. The summed E-state index contributed by atoms with van der Waals surface area (Å²) in [6, 6.07) is 6.22. The van der Waals surface area contributed by atoms with Gasteiger partial charge in [-0.1, -0.05) is 0 Å². The molecule has 0 spiro atoms. The molecule has 15 nitrogen and oxygen atoms in total. The van der Waals surface area contributed by atoms with Crippen molar-refractivity contribution in [3.8, 4) is 28.7 Å². The van der Waals surface area contributed by atoms with Crippen molar-refractivity contribution in [1.82, 2.24) is 0 Å². The average molecular weight is 598 g/mol. The van der Waals surface area contributed by atoms with Crippen molar-refractivity contribution in [3.63, 3.8) is 0 Å². The van der Waals surface area contributed by atoms with Gasteiger partial charge >= 0.3 is 0 Å². The average Bonchev–Trinajstić information content (AvgIpc) is 2.95. The Bertz CT molecular complexity index is 1320. The number of aromatic hydroxyl groups is 5. The molecule has 0 amide bonds. The van der Waals surface area contributed by atoms with Crippen LogP contribution < -0.4 is 0 Å². The van der Waals surface area contributed by atoms with E-state index in [1.807, 2.05) is 0 Å². The van der Waals surface area contributed by atoms with Gasteiger partial charge in [0.15, 0.2) is 23.5 Å². The van der Waals surface area contributed by atoms with Crippen molar-refractivity contribution in [2.75, 3.05) is 6.61 Å². The van der Waals surface area contributed by atoms with Crippen LogP contribution in [0, 0.1) is 0 Å². The van der Waals surface area contributed by atoms with Gasteiger partial charge in [-0.2, -0.15) is 0 Å². The largest absolute Gasteiger partial charge is 0.571 e.